The average molecular weight is 396 g/mol. The summed E-state index contributed by atoms with van der Waals surface area (Å²) in [6, 6.07) is 13.7. The zero-order valence-corrected chi connectivity index (χ0v) is 16.3. The molecule has 28 heavy (non-hydrogen) atoms. The highest BCUT2D eigenvalue weighted by molar-refractivity contribution is 7.19. The lowest BCUT2D eigenvalue weighted by Crippen LogP contribution is -2.32. The van der Waals surface area contributed by atoms with Crippen LogP contribution in [0.5, 0.6) is 11.5 Å². The van der Waals surface area contributed by atoms with Crippen molar-refractivity contribution in [1.82, 2.24) is 9.88 Å². The molecule has 3 aromatic rings. The number of benzene rings is 2. The van der Waals surface area contributed by atoms with E-state index in [-0.39, 0.29) is 12.7 Å². The summed E-state index contributed by atoms with van der Waals surface area (Å²) >= 11 is 1.56. The molecule has 2 heterocycles. The van der Waals surface area contributed by atoms with E-state index in [0.29, 0.717) is 25.4 Å². The van der Waals surface area contributed by atoms with Crippen molar-refractivity contribution in [3.8, 4) is 11.5 Å². The number of methoxy groups -OCH3 is 1. The van der Waals surface area contributed by atoms with E-state index in [0.717, 1.165) is 26.5 Å². The Bertz CT molecular complexity index is 982. The predicted molar refractivity (Wildman–Crippen MR) is 109 cm³/mol. The number of hydrogen-bond donors (Lipinski definition) is 0. The highest BCUT2D eigenvalue weighted by Gasteiger charge is 2.16. The van der Waals surface area contributed by atoms with Gasteiger partial charge in [-0.15, -0.1) is 11.3 Å². The van der Waals surface area contributed by atoms with Crippen LogP contribution in [-0.4, -0.2) is 42.8 Å². The molecule has 0 unspecified atom stereocenters. The number of para-hydroxylation sites is 1. The maximum absolute atomic E-state index is 12.8. The number of ether oxygens (including phenoxy) is 3. The van der Waals surface area contributed by atoms with Crippen LogP contribution in [0.4, 0.5) is 0 Å². The van der Waals surface area contributed by atoms with E-state index in [1.807, 2.05) is 42.5 Å². The number of amides is 1. The fourth-order valence-corrected chi connectivity index (χ4v) is 3.81. The number of carbonyl (C=O) groups excluding carboxylic acids is 1. The largest absolute Gasteiger partial charge is 0.454 e. The van der Waals surface area contributed by atoms with Gasteiger partial charge in [0, 0.05) is 26.3 Å². The molecule has 0 radical (unpaired) electrons. The summed E-state index contributed by atoms with van der Waals surface area (Å²) in [4.78, 5) is 19.1. The number of thiazole rings is 1. The first-order valence-corrected chi connectivity index (χ1v) is 9.74. The van der Waals surface area contributed by atoms with Crippen molar-refractivity contribution in [2.45, 2.75) is 6.54 Å². The van der Waals surface area contributed by atoms with Crippen LogP contribution in [0.3, 0.4) is 0 Å². The van der Waals surface area contributed by atoms with Gasteiger partial charge in [0.2, 0.25) is 12.7 Å². The number of aromatic nitrogens is 1. The molecule has 0 spiro atoms. The Kier molecular flexibility index (Phi) is 5.55. The van der Waals surface area contributed by atoms with E-state index in [1.165, 1.54) is 0 Å². The predicted octanol–water partition coefficient (Wildman–Crippen LogP) is 3.71. The van der Waals surface area contributed by atoms with Gasteiger partial charge in [-0.1, -0.05) is 18.2 Å². The fourth-order valence-electron chi connectivity index (χ4n) is 2.94. The lowest BCUT2D eigenvalue weighted by Gasteiger charge is -2.21. The Labute approximate surface area is 167 Å². The smallest absolute Gasteiger partial charge is 0.247 e. The molecule has 0 fully saturated rings. The summed E-state index contributed by atoms with van der Waals surface area (Å²) < 4.78 is 17.0. The van der Waals surface area contributed by atoms with Crippen molar-refractivity contribution in [2.75, 3.05) is 27.1 Å². The molecule has 1 aromatic heterocycles. The van der Waals surface area contributed by atoms with Crippen LogP contribution in [-0.2, 0) is 16.1 Å². The Hall–Kier alpha value is -2.90. The average Bonchev–Trinajstić information content (AvgIpc) is 3.35. The summed E-state index contributed by atoms with van der Waals surface area (Å²) in [5, 5.41) is 0.810. The first-order valence-electron chi connectivity index (χ1n) is 8.93. The SMILES string of the molecule is COCCN(Cc1ccc2c(c1)OCO2)C(=O)/C=C/c1nc2ccccc2s1. The van der Waals surface area contributed by atoms with Crippen molar-refractivity contribution in [1.29, 1.82) is 0 Å². The molecule has 0 bridgehead atoms. The minimum absolute atomic E-state index is 0.0889. The Morgan fingerprint density at radius 3 is 2.96 bits per heavy atom. The Morgan fingerprint density at radius 1 is 1.25 bits per heavy atom. The van der Waals surface area contributed by atoms with Gasteiger partial charge in [0.1, 0.15) is 5.01 Å². The van der Waals surface area contributed by atoms with E-state index >= 15 is 0 Å². The fraction of sp³-hybridized carbons (Fsp3) is 0.238. The molecule has 0 aliphatic carbocycles. The number of rotatable bonds is 7. The Balaban J connectivity index is 1.48. The first-order chi connectivity index (χ1) is 13.7. The second-order valence-corrected chi connectivity index (χ2v) is 7.36. The van der Waals surface area contributed by atoms with Gasteiger partial charge in [-0.25, -0.2) is 4.98 Å². The third-order valence-corrected chi connectivity index (χ3v) is 5.37. The summed E-state index contributed by atoms with van der Waals surface area (Å²) in [5.74, 6) is 1.35. The molecule has 0 saturated heterocycles. The van der Waals surface area contributed by atoms with E-state index in [1.54, 1.807) is 35.5 Å². The van der Waals surface area contributed by atoms with E-state index in [2.05, 4.69) is 4.98 Å². The van der Waals surface area contributed by atoms with Gasteiger partial charge in [0.25, 0.3) is 0 Å². The number of fused-ring (bicyclic) bond motifs is 2. The summed E-state index contributed by atoms with van der Waals surface area (Å²) in [6.07, 6.45) is 3.34. The van der Waals surface area contributed by atoms with Crippen molar-refractivity contribution in [2.24, 2.45) is 0 Å². The highest BCUT2D eigenvalue weighted by atomic mass is 32.1. The van der Waals surface area contributed by atoms with Crippen molar-refractivity contribution < 1.29 is 19.0 Å². The van der Waals surface area contributed by atoms with Gasteiger partial charge < -0.3 is 19.1 Å². The molecule has 1 amide bonds. The van der Waals surface area contributed by atoms with Crippen molar-refractivity contribution >= 4 is 33.5 Å². The molecule has 1 aliphatic heterocycles. The second kappa shape index (κ2) is 8.41. The Morgan fingerprint density at radius 2 is 2.11 bits per heavy atom. The van der Waals surface area contributed by atoms with E-state index in [9.17, 15) is 4.79 Å². The van der Waals surface area contributed by atoms with Crippen LogP contribution < -0.4 is 9.47 Å². The van der Waals surface area contributed by atoms with Crippen LogP contribution in [0.25, 0.3) is 16.3 Å². The quantitative estimate of drug-likeness (QED) is 0.570. The minimum Gasteiger partial charge on any atom is -0.454 e. The van der Waals surface area contributed by atoms with Crippen molar-refractivity contribution in [3.05, 3.63) is 59.1 Å². The second-order valence-electron chi connectivity index (χ2n) is 6.29. The van der Waals surface area contributed by atoms with E-state index in [4.69, 9.17) is 14.2 Å². The normalized spacial score (nSPS) is 12.8. The van der Waals surface area contributed by atoms with Gasteiger partial charge in [-0.3, -0.25) is 4.79 Å². The molecule has 0 saturated carbocycles. The zero-order valence-electron chi connectivity index (χ0n) is 15.5. The molecular weight excluding hydrogens is 376 g/mol. The van der Waals surface area contributed by atoms with Gasteiger partial charge >= 0.3 is 0 Å². The number of carbonyl (C=O) groups is 1. The van der Waals surface area contributed by atoms with Gasteiger partial charge in [-0.2, -0.15) is 0 Å². The summed E-state index contributed by atoms with van der Waals surface area (Å²) in [7, 11) is 1.63. The number of hydrogen-bond acceptors (Lipinski definition) is 6. The van der Waals surface area contributed by atoms with E-state index < -0.39 is 0 Å². The molecule has 6 nitrogen and oxygen atoms in total. The molecule has 144 valence electrons. The third kappa shape index (κ3) is 4.16. The summed E-state index contributed by atoms with van der Waals surface area (Å²) in [6.45, 7) is 1.65. The van der Waals surface area contributed by atoms with Crippen LogP contribution in [0.1, 0.15) is 10.6 Å². The van der Waals surface area contributed by atoms with Crippen LogP contribution in [0, 0.1) is 0 Å². The third-order valence-electron chi connectivity index (χ3n) is 4.37. The van der Waals surface area contributed by atoms with Crippen LogP contribution in [0.15, 0.2) is 48.5 Å². The zero-order chi connectivity index (χ0) is 19.3. The van der Waals surface area contributed by atoms with Gasteiger partial charge in [0.05, 0.1) is 16.8 Å². The van der Waals surface area contributed by atoms with Crippen molar-refractivity contribution in [3.63, 3.8) is 0 Å². The topological polar surface area (TPSA) is 60.9 Å². The maximum atomic E-state index is 12.8. The molecular formula is C21H20N2O4S. The molecule has 7 heteroatoms. The highest BCUT2D eigenvalue weighted by Crippen LogP contribution is 2.32. The summed E-state index contributed by atoms with van der Waals surface area (Å²) in [5.41, 5.74) is 1.92. The lowest BCUT2D eigenvalue weighted by atomic mass is 10.2. The standard InChI is InChI=1S/C21H20N2O4S/c1-25-11-10-23(13-15-6-7-17-18(12-15)27-14-26-17)21(24)9-8-20-22-16-4-2-3-5-19(16)28-20/h2-9,12H,10-11,13-14H2,1H3/b9-8+. The minimum atomic E-state index is -0.0889. The monoisotopic (exact) mass is 396 g/mol. The van der Waals surface area contributed by atoms with Gasteiger partial charge in [-0.05, 0) is 35.9 Å². The molecule has 4 rings (SSSR count). The van der Waals surface area contributed by atoms with Crippen LogP contribution in [0.2, 0.25) is 0 Å². The lowest BCUT2D eigenvalue weighted by molar-refractivity contribution is -0.127. The molecule has 0 N–H and O–H groups in total. The van der Waals surface area contributed by atoms with Gasteiger partial charge in [0.15, 0.2) is 11.5 Å². The molecule has 1 aliphatic rings. The molecule has 2 aromatic carbocycles. The van der Waals surface area contributed by atoms with Crippen LogP contribution >= 0.6 is 11.3 Å². The first kappa shape index (κ1) is 18.5. The maximum Gasteiger partial charge on any atom is 0.247 e. The number of nitrogens with zero attached hydrogens (tertiary/aromatic N) is 2. The molecule has 0 atom stereocenters.